The molecule has 0 radical (unpaired) electrons. The van der Waals surface area contributed by atoms with Crippen molar-refractivity contribution in [1.29, 1.82) is 0 Å². The molecule has 10 nitrogen and oxygen atoms in total. The van der Waals surface area contributed by atoms with E-state index in [9.17, 15) is 24.3 Å². The zero-order valence-electron chi connectivity index (χ0n) is 26.5. The number of hydrogen-bond donors (Lipinski definition) is 3. The Bertz CT molecular complexity index is 1220. The second-order valence-corrected chi connectivity index (χ2v) is 11.7. The van der Waals surface area contributed by atoms with Crippen LogP contribution in [0, 0.1) is 13.8 Å². The predicted molar refractivity (Wildman–Crippen MR) is 165 cm³/mol. The van der Waals surface area contributed by atoms with Crippen LogP contribution in [-0.2, 0) is 30.3 Å². The van der Waals surface area contributed by atoms with Gasteiger partial charge in [-0.3, -0.25) is 14.4 Å². The Balaban J connectivity index is 2.63. The molecule has 10 heteroatoms. The van der Waals surface area contributed by atoms with Crippen LogP contribution in [0.25, 0.3) is 0 Å². The van der Waals surface area contributed by atoms with Crippen molar-refractivity contribution in [3.8, 4) is 5.75 Å². The third kappa shape index (κ3) is 11.3. The Morgan fingerprint density at radius 3 is 2.14 bits per heavy atom. The van der Waals surface area contributed by atoms with Crippen LogP contribution in [0.1, 0.15) is 81.7 Å². The summed E-state index contributed by atoms with van der Waals surface area (Å²) in [7, 11) is 1.23. The number of aromatic hydroxyl groups is 1. The lowest BCUT2D eigenvalue weighted by molar-refractivity contribution is -0.144. The van der Waals surface area contributed by atoms with E-state index in [0.717, 1.165) is 30.4 Å². The van der Waals surface area contributed by atoms with Crippen molar-refractivity contribution in [3.05, 3.63) is 64.7 Å². The molecule has 236 valence electrons. The van der Waals surface area contributed by atoms with E-state index >= 15 is 0 Å². The molecule has 3 amide bonds. The topological polar surface area (TPSA) is 134 Å². The summed E-state index contributed by atoms with van der Waals surface area (Å²) in [5.74, 6) is -1.56. The van der Waals surface area contributed by atoms with E-state index in [1.807, 2.05) is 32.0 Å². The van der Waals surface area contributed by atoms with E-state index in [1.165, 1.54) is 24.1 Å². The molecular weight excluding hydrogens is 550 g/mol. The minimum Gasteiger partial charge on any atom is -0.508 e. The monoisotopic (exact) mass is 597 g/mol. The minimum absolute atomic E-state index is 0.0710. The van der Waals surface area contributed by atoms with Crippen molar-refractivity contribution in [2.45, 2.75) is 91.3 Å². The number of aryl methyl sites for hydroxylation is 2. The average Bonchev–Trinajstić information content (AvgIpc) is 2.93. The van der Waals surface area contributed by atoms with Gasteiger partial charge in [0.05, 0.1) is 7.11 Å². The van der Waals surface area contributed by atoms with Gasteiger partial charge in [0, 0.05) is 13.0 Å². The lowest BCUT2D eigenvalue weighted by atomic mass is 9.93. The molecule has 2 rings (SSSR count). The van der Waals surface area contributed by atoms with E-state index in [-0.39, 0.29) is 25.3 Å². The molecule has 2 aromatic rings. The van der Waals surface area contributed by atoms with Crippen molar-refractivity contribution in [2.24, 2.45) is 0 Å². The number of benzene rings is 2. The van der Waals surface area contributed by atoms with Gasteiger partial charge in [0.2, 0.25) is 11.8 Å². The summed E-state index contributed by atoms with van der Waals surface area (Å²) < 4.78 is 10.2. The third-order valence-electron chi connectivity index (χ3n) is 6.91. The molecule has 2 aromatic carbocycles. The summed E-state index contributed by atoms with van der Waals surface area (Å²) in [4.78, 5) is 54.8. The first-order valence-electron chi connectivity index (χ1n) is 14.8. The molecule has 0 aromatic heterocycles. The van der Waals surface area contributed by atoms with E-state index in [0.29, 0.717) is 17.5 Å². The Labute approximate surface area is 255 Å². The molecule has 43 heavy (non-hydrogen) atoms. The van der Waals surface area contributed by atoms with E-state index in [1.54, 1.807) is 32.9 Å². The molecule has 0 fully saturated rings. The molecule has 3 N–H and O–H groups in total. The molecule has 0 aliphatic heterocycles. The van der Waals surface area contributed by atoms with Crippen molar-refractivity contribution >= 4 is 23.9 Å². The van der Waals surface area contributed by atoms with Gasteiger partial charge in [0.1, 0.15) is 30.0 Å². The van der Waals surface area contributed by atoms with Crippen LogP contribution in [0.4, 0.5) is 4.79 Å². The number of amides is 3. The maximum absolute atomic E-state index is 14.6. The molecule has 0 saturated carbocycles. The number of nitrogens with zero attached hydrogens (tertiary/aromatic N) is 1. The number of hydrogen-bond acceptors (Lipinski definition) is 7. The van der Waals surface area contributed by atoms with Gasteiger partial charge >= 0.3 is 12.1 Å². The molecule has 0 heterocycles. The number of rotatable bonds is 14. The normalized spacial score (nSPS) is 12.5. The van der Waals surface area contributed by atoms with Gasteiger partial charge in [-0.05, 0) is 75.4 Å². The molecule has 0 bridgehead atoms. The molecule has 0 aliphatic rings. The van der Waals surface area contributed by atoms with Gasteiger partial charge < -0.3 is 30.1 Å². The first-order valence-corrected chi connectivity index (χ1v) is 14.8. The highest BCUT2D eigenvalue weighted by Gasteiger charge is 2.37. The zero-order valence-corrected chi connectivity index (χ0v) is 26.5. The van der Waals surface area contributed by atoms with Crippen LogP contribution in [0.15, 0.2) is 42.5 Å². The smallest absolute Gasteiger partial charge is 0.408 e. The van der Waals surface area contributed by atoms with Gasteiger partial charge in [0.25, 0.3) is 0 Å². The quantitative estimate of drug-likeness (QED) is 0.209. The maximum Gasteiger partial charge on any atom is 0.408 e. The Morgan fingerprint density at radius 2 is 1.58 bits per heavy atom. The number of phenolic OH excluding ortho intramolecular Hbond substituents is 1. The Kier molecular flexibility index (Phi) is 13.5. The summed E-state index contributed by atoms with van der Waals surface area (Å²) in [6.07, 6.45) is 2.73. The fraction of sp³-hybridized carbons (Fsp3) is 0.515. The molecular formula is C33H47N3O7. The second-order valence-electron chi connectivity index (χ2n) is 11.7. The Hall–Kier alpha value is -4.08. The van der Waals surface area contributed by atoms with Crippen molar-refractivity contribution < 1.29 is 33.8 Å². The van der Waals surface area contributed by atoms with E-state index in [2.05, 4.69) is 17.6 Å². The highest BCUT2D eigenvalue weighted by molar-refractivity contribution is 5.93. The molecule has 0 spiro atoms. The number of ether oxygens (including phenoxy) is 2. The van der Waals surface area contributed by atoms with Crippen LogP contribution in [0.2, 0.25) is 0 Å². The average molecular weight is 598 g/mol. The fourth-order valence-corrected chi connectivity index (χ4v) is 4.81. The zero-order chi connectivity index (χ0) is 32.2. The van der Waals surface area contributed by atoms with E-state index in [4.69, 9.17) is 9.47 Å². The SMILES string of the molecule is CCCCCCN(C(=O)C(Cc1ccc(O)cc1)NC(=O)OC(C)(C)C)C(C(=O)NCC(=O)OC)c1c(C)cccc1C. The van der Waals surface area contributed by atoms with Crippen LogP contribution in [0.5, 0.6) is 5.75 Å². The van der Waals surface area contributed by atoms with Crippen molar-refractivity contribution in [1.82, 2.24) is 15.5 Å². The number of alkyl carbamates (subject to hydrolysis) is 1. The maximum atomic E-state index is 14.6. The second kappa shape index (κ2) is 16.5. The summed E-state index contributed by atoms with van der Waals surface area (Å²) in [6.45, 7) is 10.9. The van der Waals surface area contributed by atoms with E-state index < -0.39 is 41.6 Å². The van der Waals surface area contributed by atoms with Gasteiger partial charge in [-0.25, -0.2) is 4.79 Å². The molecule has 0 saturated heterocycles. The van der Waals surface area contributed by atoms with Gasteiger partial charge in [-0.1, -0.05) is 56.5 Å². The fourth-order valence-electron chi connectivity index (χ4n) is 4.81. The van der Waals surface area contributed by atoms with Gasteiger partial charge in [-0.15, -0.1) is 0 Å². The van der Waals surface area contributed by atoms with Crippen LogP contribution in [-0.4, -0.2) is 65.7 Å². The first-order chi connectivity index (χ1) is 20.3. The van der Waals surface area contributed by atoms with Crippen LogP contribution >= 0.6 is 0 Å². The number of nitrogens with one attached hydrogen (secondary N) is 2. The number of phenols is 1. The standard InChI is InChI=1S/C33H47N3O7/c1-8-9-10-11-19-36(29(30(39)34-21-27(38)42-7)28-22(2)13-12-14-23(28)3)31(40)26(35-32(41)43-33(4,5)6)20-24-15-17-25(37)18-16-24/h12-18,26,29,37H,8-11,19-21H2,1-7H3,(H,34,39)(H,35,41). The minimum atomic E-state index is -1.09. The van der Waals surface area contributed by atoms with Crippen LogP contribution in [0.3, 0.4) is 0 Å². The number of esters is 1. The number of carbonyl (C=O) groups is 4. The van der Waals surface area contributed by atoms with Crippen molar-refractivity contribution in [3.63, 3.8) is 0 Å². The highest BCUT2D eigenvalue weighted by Crippen LogP contribution is 2.29. The third-order valence-corrected chi connectivity index (χ3v) is 6.91. The lowest BCUT2D eigenvalue weighted by Gasteiger charge is -2.36. The highest BCUT2D eigenvalue weighted by atomic mass is 16.6. The summed E-state index contributed by atoms with van der Waals surface area (Å²) in [5, 5.41) is 15.2. The largest absolute Gasteiger partial charge is 0.508 e. The number of unbranched alkanes of at least 4 members (excludes halogenated alkanes) is 3. The lowest BCUT2D eigenvalue weighted by Crippen LogP contribution is -2.54. The number of carbonyl (C=O) groups excluding carboxylic acids is 4. The molecule has 0 aliphatic carbocycles. The molecule has 2 unspecified atom stereocenters. The van der Waals surface area contributed by atoms with Gasteiger partial charge in [0.15, 0.2) is 0 Å². The first kappa shape index (κ1) is 35.1. The Morgan fingerprint density at radius 1 is 0.953 bits per heavy atom. The van der Waals surface area contributed by atoms with Crippen LogP contribution < -0.4 is 10.6 Å². The number of methoxy groups -OCH3 is 1. The summed E-state index contributed by atoms with van der Waals surface area (Å²) >= 11 is 0. The van der Waals surface area contributed by atoms with Gasteiger partial charge in [-0.2, -0.15) is 0 Å². The molecule has 2 atom stereocenters. The van der Waals surface area contributed by atoms with Crippen molar-refractivity contribution in [2.75, 3.05) is 20.2 Å². The summed E-state index contributed by atoms with van der Waals surface area (Å²) in [5.41, 5.74) is 2.15. The predicted octanol–water partition coefficient (Wildman–Crippen LogP) is 4.88. The summed E-state index contributed by atoms with van der Waals surface area (Å²) in [6, 6.07) is 9.80.